The van der Waals surface area contributed by atoms with E-state index in [1.807, 2.05) is 13.0 Å². The molecular weight excluding hydrogens is 340 g/mol. The fraction of sp³-hybridized carbons (Fsp3) is 0.294. The van der Waals surface area contributed by atoms with E-state index in [4.69, 9.17) is 11.6 Å². The summed E-state index contributed by atoms with van der Waals surface area (Å²) in [5, 5.41) is 7.34. The number of amides is 1. The van der Waals surface area contributed by atoms with Gasteiger partial charge in [0, 0.05) is 38.9 Å². The molecule has 3 rings (SSSR count). The Morgan fingerprint density at radius 2 is 2.20 bits per heavy atom. The Hall–Kier alpha value is -2.67. The molecule has 3 aromatic rings. The third-order valence-electron chi connectivity index (χ3n) is 3.74. The molecule has 3 heterocycles. The van der Waals surface area contributed by atoms with Gasteiger partial charge in [0.15, 0.2) is 5.82 Å². The molecule has 0 aliphatic carbocycles. The number of aromatic amines is 1. The van der Waals surface area contributed by atoms with Crippen LogP contribution in [0.2, 0.25) is 5.02 Å². The van der Waals surface area contributed by atoms with E-state index in [1.54, 1.807) is 38.5 Å². The smallest absolute Gasteiger partial charge is 0.245 e. The zero-order valence-electron chi connectivity index (χ0n) is 14.2. The van der Waals surface area contributed by atoms with Crippen LogP contribution in [0.1, 0.15) is 23.6 Å². The quantitative estimate of drug-likeness (QED) is 0.645. The zero-order chi connectivity index (χ0) is 18.0. The molecule has 8 heteroatoms. The highest BCUT2D eigenvalue weighted by Crippen LogP contribution is 2.27. The Balaban J connectivity index is 0.00000182. The van der Waals surface area contributed by atoms with Crippen LogP contribution < -0.4 is 10.6 Å². The minimum absolute atomic E-state index is 0. The fourth-order valence-corrected chi connectivity index (χ4v) is 2.64. The maximum atomic E-state index is 12.2. The lowest BCUT2D eigenvalue weighted by atomic mass is 10.0. The number of nitrogens with zero attached hydrogens (tertiary/aromatic N) is 3. The topological polar surface area (TPSA) is 95.6 Å². The molecule has 25 heavy (non-hydrogen) atoms. The third-order valence-corrected chi connectivity index (χ3v) is 3.95. The maximum Gasteiger partial charge on any atom is 0.245 e. The van der Waals surface area contributed by atoms with Crippen LogP contribution in [-0.4, -0.2) is 37.9 Å². The molecule has 0 unspecified atom stereocenters. The molecule has 0 bridgehead atoms. The first-order valence-electron chi connectivity index (χ1n) is 7.93. The van der Waals surface area contributed by atoms with Crippen LogP contribution in [-0.2, 0) is 4.79 Å². The van der Waals surface area contributed by atoms with Gasteiger partial charge in [-0.1, -0.05) is 11.6 Å². The van der Waals surface area contributed by atoms with Crippen molar-refractivity contribution >= 4 is 34.4 Å². The average molecular weight is 363 g/mol. The molecule has 0 radical (unpaired) electrons. The molecule has 0 saturated carbocycles. The van der Waals surface area contributed by atoms with Crippen molar-refractivity contribution in [1.29, 1.82) is 0 Å². The lowest BCUT2D eigenvalue weighted by Crippen LogP contribution is -2.48. The van der Waals surface area contributed by atoms with E-state index in [0.717, 1.165) is 10.9 Å². The van der Waals surface area contributed by atoms with Gasteiger partial charge in [0.1, 0.15) is 17.0 Å². The third kappa shape index (κ3) is 3.56. The number of hydrogen-bond donors (Lipinski definition) is 3. The summed E-state index contributed by atoms with van der Waals surface area (Å²) in [7, 11) is 0. The van der Waals surface area contributed by atoms with Gasteiger partial charge in [-0.05, 0) is 32.9 Å². The fourth-order valence-electron chi connectivity index (χ4n) is 2.48. The van der Waals surface area contributed by atoms with E-state index >= 15 is 0 Å². The van der Waals surface area contributed by atoms with Crippen LogP contribution in [0.3, 0.4) is 0 Å². The lowest BCUT2D eigenvalue weighted by Gasteiger charge is -2.25. The molecule has 0 aromatic carbocycles. The Bertz CT molecular complexity index is 931. The number of fused-ring (bicyclic) bond motifs is 1. The number of nitrogens with one attached hydrogen (secondary N) is 3. The summed E-state index contributed by atoms with van der Waals surface area (Å²) in [6, 6.07) is 3.54. The van der Waals surface area contributed by atoms with E-state index in [2.05, 4.69) is 30.6 Å². The molecule has 0 aliphatic heterocycles. The van der Waals surface area contributed by atoms with Crippen molar-refractivity contribution in [1.82, 2.24) is 25.3 Å². The molecule has 3 aromatic heterocycles. The van der Waals surface area contributed by atoms with Crippen molar-refractivity contribution in [2.24, 2.45) is 0 Å². The monoisotopic (exact) mass is 362 g/mol. The molecule has 0 fully saturated rings. The number of likely N-dealkylation sites (N-methyl/N-ethyl adjacent to an activating group) is 1. The summed E-state index contributed by atoms with van der Waals surface area (Å²) in [6.07, 6.45) is 5.02. The highest BCUT2D eigenvalue weighted by Gasteiger charge is 2.27. The Morgan fingerprint density at radius 1 is 1.40 bits per heavy atom. The first-order valence-corrected chi connectivity index (χ1v) is 8.31. The second-order valence-corrected chi connectivity index (χ2v) is 6.56. The number of carbonyl (C=O) groups is 1. The minimum Gasteiger partial charge on any atom is -0.356 e. The second kappa shape index (κ2) is 6.68. The van der Waals surface area contributed by atoms with E-state index in [-0.39, 0.29) is 8.76 Å². The van der Waals surface area contributed by atoms with Gasteiger partial charge < -0.3 is 15.6 Å². The summed E-state index contributed by atoms with van der Waals surface area (Å²) in [4.78, 5) is 28.3. The number of carbonyl (C=O) groups excluding carboxylic acids is 1. The van der Waals surface area contributed by atoms with Gasteiger partial charge in [-0.2, -0.15) is 0 Å². The molecule has 7 nitrogen and oxygen atoms in total. The molecule has 1 amide bonds. The molecule has 3 N–H and O–H groups in total. The van der Waals surface area contributed by atoms with Gasteiger partial charge in [-0.3, -0.25) is 4.79 Å². The number of anilines is 1. The summed E-state index contributed by atoms with van der Waals surface area (Å²) < 4.78 is 0. The molecule has 0 aliphatic rings. The Morgan fingerprint density at radius 3 is 2.96 bits per heavy atom. The average Bonchev–Trinajstić information content (AvgIpc) is 2.98. The van der Waals surface area contributed by atoms with Crippen molar-refractivity contribution in [2.75, 3.05) is 11.9 Å². The van der Waals surface area contributed by atoms with Crippen molar-refractivity contribution in [2.45, 2.75) is 26.3 Å². The normalized spacial score (nSPS) is 11.5. The molecule has 0 spiro atoms. The Kier molecular flexibility index (Phi) is 4.59. The van der Waals surface area contributed by atoms with Crippen molar-refractivity contribution in [3.8, 4) is 11.4 Å². The number of aromatic nitrogens is 4. The largest absolute Gasteiger partial charge is 0.356 e. The maximum absolute atomic E-state index is 12.2. The van der Waals surface area contributed by atoms with Crippen LogP contribution >= 0.6 is 11.6 Å². The van der Waals surface area contributed by atoms with Crippen LogP contribution in [0.4, 0.5) is 5.82 Å². The summed E-state index contributed by atoms with van der Waals surface area (Å²) in [6.45, 7) is 6.05. The highest BCUT2D eigenvalue weighted by molar-refractivity contribution is 6.31. The lowest BCUT2D eigenvalue weighted by molar-refractivity contribution is -0.124. The van der Waals surface area contributed by atoms with E-state index < -0.39 is 5.54 Å². The number of rotatable bonds is 5. The van der Waals surface area contributed by atoms with Crippen LogP contribution in [0.25, 0.3) is 22.4 Å². The van der Waals surface area contributed by atoms with Gasteiger partial charge in [0.2, 0.25) is 5.91 Å². The van der Waals surface area contributed by atoms with E-state index in [9.17, 15) is 4.79 Å². The van der Waals surface area contributed by atoms with Gasteiger partial charge in [0.05, 0.1) is 5.02 Å². The Labute approximate surface area is 153 Å². The predicted octanol–water partition coefficient (Wildman–Crippen LogP) is 3.49. The van der Waals surface area contributed by atoms with Gasteiger partial charge >= 0.3 is 0 Å². The summed E-state index contributed by atoms with van der Waals surface area (Å²) >= 11 is 6.04. The van der Waals surface area contributed by atoms with Crippen molar-refractivity contribution in [3.63, 3.8) is 0 Å². The number of H-pyrrole nitrogens is 1. The van der Waals surface area contributed by atoms with Gasteiger partial charge in [0.25, 0.3) is 0 Å². The van der Waals surface area contributed by atoms with Crippen LogP contribution in [0.15, 0.2) is 30.7 Å². The van der Waals surface area contributed by atoms with E-state index in [0.29, 0.717) is 28.9 Å². The molecule has 0 atom stereocenters. The predicted molar refractivity (Wildman–Crippen MR) is 103 cm³/mol. The minimum atomic E-state index is -0.799. The van der Waals surface area contributed by atoms with Crippen LogP contribution in [0.5, 0.6) is 0 Å². The molecule has 134 valence electrons. The SMILES string of the molecule is CCNC(=O)C(C)(C)Nc1ccnc(-c2c[nH]c3ncc(Cl)cc23)n1.[HH].[HH]. The summed E-state index contributed by atoms with van der Waals surface area (Å²) in [5.74, 6) is 0.982. The van der Waals surface area contributed by atoms with Gasteiger partial charge in [-0.15, -0.1) is 0 Å². The first-order chi connectivity index (χ1) is 11.9. The highest BCUT2D eigenvalue weighted by atomic mass is 35.5. The van der Waals surface area contributed by atoms with Gasteiger partial charge in [-0.25, -0.2) is 15.0 Å². The number of hydrogen-bond acceptors (Lipinski definition) is 5. The zero-order valence-corrected chi connectivity index (χ0v) is 15.0. The number of halogens is 1. The van der Waals surface area contributed by atoms with Crippen molar-refractivity contribution in [3.05, 3.63) is 35.7 Å². The second-order valence-electron chi connectivity index (χ2n) is 6.13. The molecule has 0 saturated heterocycles. The summed E-state index contributed by atoms with van der Waals surface area (Å²) in [5.41, 5.74) is 0.709. The molecular formula is C17H23ClN6O. The van der Waals surface area contributed by atoms with Crippen molar-refractivity contribution < 1.29 is 7.65 Å². The standard InChI is InChI=1S/C17H19ClN6O.2H2/c1-4-19-16(25)17(2,3)24-13-5-6-20-15(23-13)12-9-22-14-11(12)7-10(18)8-21-14;;/h5-9H,4H2,1-3H3,(H,19,25)(H,21,22)(H,20,23,24);2*1H. The number of pyridine rings is 1. The first kappa shape index (κ1) is 17.2. The van der Waals surface area contributed by atoms with Crippen LogP contribution in [0, 0.1) is 0 Å². The van der Waals surface area contributed by atoms with E-state index in [1.165, 1.54) is 0 Å².